The lowest BCUT2D eigenvalue weighted by Gasteiger charge is -2.33. The molecule has 202 valence electrons. The highest BCUT2D eigenvalue weighted by Gasteiger charge is 2.24. The van der Waals surface area contributed by atoms with Crippen LogP contribution in [0.1, 0.15) is 18.4 Å². The van der Waals surface area contributed by atoms with Gasteiger partial charge in [0.05, 0.1) is 14.2 Å². The van der Waals surface area contributed by atoms with Gasteiger partial charge in [-0.3, -0.25) is 0 Å². The van der Waals surface area contributed by atoms with E-state index in [1.54, 1.807) is 26.4 Å². The molecule has 2 aromatic heterocycles. The molecule has 0 radical (unpaired) electrons. The van der Waals surface area contributed by atoms with Crippen LogP contribution in [0.15, 0.2) is 55.1 Å². The van der Waals surface area contributed by atoms with Gasteiger partial charge in [-0.05, 0) is 48.7 Å². The molecule has 5 rings (SSSR count). The van der Waals surface area contributed by atoms with Crippen molar-refractivity contribution in [1.29, 1.82) is 0 Å². The van der Waals surface area contributed by atoms with Crippen LogP contribution in [-0.4, -0.2) is 65.0 Å². The first-order valence-corrected chi connectivity index (χ1v) is 12.8. The Morgan fingerprint density at radius 3 is 2.49 bits per heavy atom. The first-order chi connectivity index (χ1) is 19.1. The first kappa shape index (κ1) is 26.2. The Bertz CT molecular complexity index is 1440. The number of halogens is 1. The predicted molar refractivity (Wildman–Crippen MR) is 149 cm³/mol. The fourth-order valence-electron chi connectivity index (χ4n) is 4.55. The van der Waals surface area contributed by atoms with Crippen molar-refractivity contribution in [3.05, 3.63) is 66.5 Å². The summed E-state index contributed by atoms with van der Waals surface area (Å²) in [6, 6.07) is 12.2. The van der Waals surface area contributed by atoms with Gasteiger partial charge in [-0.2, -0.15) is 9.97 Å². The van der Waals surface area contributed by atoms with Gasteiger partial charge in [0.25, 0.3) is 0 Å². The second-order valence-electron chi connectivity index (χ2n) is 9.19. The van der Waals surface area contributed by atoms with Crippen LogP contribution in [0.2, 0.25) is 0 Å². The lowest BCUT2D eigenvalue weighted by molar-refractivity contribution is 0.355. The first-order valence-electron chi connectivity index (χ1n) is 12.8. The Balaban J connectivity index is 1.49. The normalized spacial score (nSPS) is 13.9. The number of benzene rings is 2. The van der Waals surface area contributed by atoms with Crippen LogP contribution in [0.25, 0.3) is 22.6 Å². The molecule has 0 spiro atoms. The average molecular weight is 531 g/mol. The van der Waals surface area contributed by atoms with Crippen molar-refractivity contribution in [2.75, 3.05) is 44.1 Å². The van der Waals surface area contributed by atoms with Crippen molar-refractivity contribution < 1.29 is 13.9 Å². The molecule has 0 amide bonds. The van der Waals surface area contributed by atoms with Gasteiger partial charge in [0.2, 0.25) is 11.6 Å². The minimum absolute atomic E-state index is 0.277. The molecular formula is C28H31FN8O2. The van der Waals surface area contributed by atoms with Gasteiger partial charge < -0.3 is 25.0 Å². The van der Waals surface area contributed by atoms with E-state index in [-0.39, 0.29) is 5.82 Å². The maximum atomic E-state index is 13.3. The number of rotatable bonds is 10. The zero-order valence-corrected chi connectivity index (χ0v) is 22.0. The summed E-state index contributed by atoms with van der Waals surface area (Å²) in [7, 11) is 3.17. The van der Waals surface area contributed by atoms with Gasteiger partial charge in [0.15, 0.2) is 28.7 Å². The Labute approximate surface area is 226 Å². The third kappa shape index (κ3) is 6.04. The number of aromatic nitrogens is 5. The lowest BCUT2D eigenvalue weighted by Crippen LogP contribution is -2.43. The molecule has 2 aromatic carbocycles. The lowest BCUT2D eigenvalue weighted by atomic mass is 10.0. The number of piperidine rings is 1. The zero-order chi connectivity index (χ0) is 27.2. The molecule has 0 unspecified atom stereocenters. The van der Waals surface area contributed by atoms with Crippen molar-refractivity contribution in [3.8, 4) is 22.9 Å². The number of hydrogen-bond acceptors (Lipinski definition) is 10. The monoisotopic (exact) mass is 530 g/mol. The third-order valence-corrected chi connectivity index (χ3v) is 6.66. The highest BCUT2D eigenvalue weighted by atomic mass is 19.1. The third-order valence-electron chi connectivity index (χ3n) is 6.66. The maximum Gasteiger partial charge on any atom is 0.227 e. The van der Waals surface area contributed by atoms with E-state index < -0.39 is 0 Å². The summed E-state index contributed by atoms with van der Waals surface area (Å²) in [5, 5.41) is 15.5. The van der Waals surface area contributed by atoms with Crippen molar-refractivity contribution >= 4 is 22.9 Å². The van der Waals surface area contributed by atoms with Crippen molar-refractivity contribution in [2.45, 2.75) is 25.4 Å². The fourth-order valence-corrected chi connectivity index (χ4v) is 4.55. The van der Waals surface area contributed by atoms with Gasteiger partial charge in [-0.15, -0.1) is 16.8 Å². The van der Waals surface area contributed by atoms with Crippen LogP contribution in [0, 0.1) is 5.82 Å². The molecule has 4 aromatic rings. The summed E-state index contributed by atoms with van der Waals surface area (Å²) < 4.78 is 24.1. The predicted octanol–water partition coefficient (Wildman–Crippen LogP) is 3.99. The van der Waals surface area contributed by atoms with E-state index in [1.165, 1.54) is 12.1 Å². The highest BCUT2D eigenvalue weighted by Crippen LogP contribution is 2.32. The van der Waals surface area contributed by atoms with E-state index in [4.69, 9.17) is 19.4 Å². The Morgan fingerprint density at radius 2 is 1.77 bits per heavy atom. The molecule has 1 fully saturated rings. The Morgan fingerprint density at radius 1 is 1.00 bits per heavy atom. The second-order valence-corrected chi connectivity index (χ2v) is 9.19. The number of methoxy groups -OCH3 is 2. The number of anilines is 2. The molecule has 39 heavy (non-hydrogen) atoms. The SMILES string of the molecule is C=CCNC1CCN(c2nc(NCc3ccc(F)cc3)nc3nnc(-c4ccc(OC)c(OC)c4)nc23)CC1. The molecule has 1 aliphatic heterocycles. The van der Waals surface area contributed by atoms with Crippen molar-refractivity contribution in [1.82, 2.24) is 30.5 Å². The standard InChI is InChI=1S/C28H31FN8O2/c1-4-13-30-21-11-14-37(15-12-21)27-24-26(33-28(34-27)31-17-18-5-8-20(29)9-6-18)36-35-25(32-24)19-7-10-22(38-2)23(16-19)39-3/h4-10,16,21,30H,1,11-15,17H2,2-3H3,(H,31,33,34,36). The van der Waals surface area contributed by atoms with Gasteiger partial charge in [-0.25, -0.2) is 9.37 Å². The van der Waals surface area contributed by atoms with E-state index >= 15 is 0 Å². The molecule has 1 saturated heterocycles. The van der Waals surface area contributed by atoms with Crippen LogP contribution < -0.4 is 25.0 Å². The molecule has 0 aliphatic carbocycles. The van der Waals surface area contributed by atoms with Gasteiger partial charge in [0.1, 0.15) is 5.82 Å². The smallest absolute Gasteiger partial charge is 0.227 e. The summed E-state index contributed by atoms with van der Waals surface area (Å²) in [4.78, 5) is 16.5. The largest absolute Gasteiger partial charge is 0.493 e. The molecule has 1 aliphatic rings. The number of hydrogen-bond donors (Lipinski definition) is 2. The fraction of sp³-hybridized carbons (Fsp3) is 0.321. The van der Waals surface area contributed by atoms with E-state index in [2.05, 4.69) is 37.3 Å². The number of nitrogens with zero attached hydrogens (tertiary/aromatic N) is 6. The molecule has 2 N–H and O–H groups in total. The summed E-state index contributed by atoms with van der Waals surface area (Å²) in [5.41, 5.74) is 2.60. The van der Waals surface area contributed by atoms with Crippen LogP contribution in [0.4, 0.5) is 16.2 Å². The molecular weight excluding hydrogens is 499 g/mol. The summed E-state index contributed by atoms with van der Waals surface area (Å²) in [6.07, 6.45) is 3.79. The highest BCUT2D eigenvalue weighted by molar-refractivity contribution is 5.85. The van der Waals surface area contributed by atoms with E-state index in [1.807, 2.05) is 24.3 Å². The number of ether oxygens (including phenoxy) is 2. The van der Waals surface area contributed by atoms with E-state index in [9.17, 15) is 4.39 Å². The van der Waals surface area contributed by atoms with Gasteiger partial charge in [-0.1, -0.05) is 18.2 Å². The summed E-state index contributed by atoms with van der Waals surface area (Å²) >= 11 is 0. The molecule has 0 saturated carbocycles. The number of fused-ring (bicyclic) bond motifs is 1. The topological polar surface area (TPSA) is 110 Å². The average Bonchev–Trinajstić information content (AvgIpc) is 2.99. The zero-order valence-electron chi connectivity index (χ0n) is 22.0. The van der Waals surface area contributed by atoms with Gasteiger partial charge >= 0.3 is 0 Å². The maximum absolute atomic E-state index is 13.3. The van der Waals surface area contributed by atoms with Crippen LogP contribution >= 0.6 is 0 Å². The molecule has 3 heterocycles. The van der Waals surface area contributed by atoms with Crippen molar-refractivity contribution in [3.63, 3.8) is 0 Å². The minimum atomic E-state index is -0.277. The van der Waals surface area contributed by atoms with E-state index in [0.29, 0.717) is 52.8 Å². The Hall–Kier alpha value is -4.38. The van der Waals surface area contributed by atoms with Crippen molar-refractivity contribution in [2.24, 2.45) is 0 Å². The summed E-state index contributed by atoms with van der Waals surface area (Å²) in [5.74, 6) is 2.45. The van der Waals surface area contributed by atoms with E-state index in [0.717, 1.165) is 43.6 Å². The van der Waals surface area contributed by atoms with Crippen LogP contribution in [-0.2, 0) is 6.54 Å². The van der Waals surface area contributed by atoms with Gasteiger partial charge in [0, 0.05) is 37.8 Å². The Kier molecular flexibility index (Phi) is 8.07. The quantitative estimate of drug-likeness (QED) is 0.292. The molecule has 11 heteroatoms. The molecule has 0 bridgehead atoms. The second kappa shape index (κ2) is 12.0. The van der Waals surface area contributed by atoms with Crippen LogP contribution in [0.5, 0.6) is 11.5 Å². The molecule has 10 nitrogen and oxygen atoms in total. The van der Waals surface area contributed by atoms with Crippen LogP contribution in [0.3, 0.4) is 0 Å². The number of nitrogens with one attached hydrogen (secondary N) is 2. The summed E-state index contributed by atoms with van der Waals surface area (Å²) in [6.45, 7) is 6.61. The molecule has 0 atom stereocenters. The minimum Gasteiger partial charge on any atom is -0.493 e.